The van der Waals surface area contributed by atoms with Crippen molar-refractivity contribution in [2.75, 3.05) is 20.8 Å². The Kier molecular flexibility index (Phi) is 4.54. The molecule has 0 aromatic heterocycles. The molecule has 0 spiro atoms. The highest BCUT2D eigenvalue weighted by molar-refractivity contribution is 5.16. The number of fused-ring (bicyclic) bond motifs is 1. The molecule has 0 radical (unpaired) electrons. The summed E-state index contributed by atoms with van der Waals surface area (Å²) in [4.78, 5) is 0. The Hall–Kier alpha value is -1.02. The third-order valence-corrected chi connectivity index (χ3v) is 3.89. The van der Waals surface area contributed by atoms with E-state index in [9.17, 15) is 5.11 Å². The maximum atomic E-state index is 10.5. The lowest BCUT2D eigenvalue weighted by molar-refractivity contribution is -0.360. The van der Waals surface area contributed by atoms with Crippen molar-refractivity contribution in [3.8, 4) is 0 Å². The average molecular weight is 296 g/mol. The van der Waals surface area contributed by atoms with Crippen molar-refractivity contribution in [3.63, 3.8) is 0 Å². The van der Waals surface area contributed by atoms with E-state index >= 15 is 0 Å². The van der Waals surface area contributed by atoms with E-state index in [4.69, 9.17) is 23.7 Å². The van der Waals surface area contributed by atoms with Gasteiger partial charge >= 0.3 is 0 Å². The van der Waals surface area contributed by atoms with Crippen LogP contribution < -0.4 is 0 Å². The largest absolute Gasteiger partial charge is 0.387 e. The first-order valence-corrected chi connectivity index (χ1v) is 6.95. The van der Waals surface area contributed by atoms with Gasteiger partial charge in [0.1, 0.15) is 24.4 Å². The molecule has 0 saturated carbocycles. The predicted octanol–water partition coefficient (Wildman–Crippen LogP) is 0.848. The fourth-order valence-electron chi connectivity index (χ4n) is 2.79. The number of benzene rings is 1. The van der Waals surface area contributed by atoms with Gasteiger partial charge in [0.2, 0.25) is 0 Å². The highest BCUT2D eigenvalue weighted by atomic mass is 16.8. The quantitative estimate of drug-likeness (QED) is 0.892. The minimum Gasteiger partial charge on any atom is -0.387 e. The summed E-state index contributed by atoms with van der Waals surface area (Å²) in [6.45, 7) is 0.331. The van der Waals surface area contributed by atoms with E-state index in [1.165, 1.54) is 14.2 Å². The molecule has 2 saturated heterocycles. The van der Waals surface area contributed by atoms with Crippen molar-refractivity contribution in [1.82, 2.24) is 0 Å². The molecule has 2 aliphatic rings. The fraction of sp³-hybridized carbons (Fsp3) is 0.600. The Morgan fingerprint density at radius 1 is 1.10 bits per heavy atom. The topological polar surface area (TPSA) is 66.4 Å². The SMILES string of the molecule is CO[C@@H]1O[C@@H]2COC(c3ccccc3)O[C@H]2[C@H](O)[C@H]1OC. The van der Waals surface area contributed by atoms with Crippen LogP contribution in [0.2, 0.25) is 0 Å². The van der Waals surface area contributed by atoms with Crippen LogP contribution in [0.5, 0.6) is 0 Å². The maximum absolute atomic E-state index is 10.5. The molecule has 2 fully saturated rings. The van der Waals surface area contributed by atoms with Crippen molar-refractivity contribution in [3.05, 3.63) is 35.9 Å². The van der Waals surface area contributed by atoms with E-state index in [1.54, 1.807) is 0 Å². The van der Waals surface area contributed by atoms with Crippen molar-refractivity contribution in [2.45, 2.75) is 37.0 Å². The van der Waals surface area contributed by atoms with Gasteiger partial charge in [0.05, 0.1) is 6.61 Å². The van der Waals surface area contributed by atoms with Gasteiger partial charge in [0.25, 0.3) is 0 Å². The van der Waals surface area contributed by atoms with E-state index in [2.05, 4.69) is 0 Å². The number of hydrogen-bond acceptors (Lipinski definition) is 6. The molecular weight excluding hydrogens is 276 g/mol. The zero-order valence-corrected chi connectivity index (χ0v) is 12.0. The third-order valence-electron chi connectivity index (χ3n) is 3.89. The van der Waals surface area contributed by atoms with E-state index in [-0.39, 0.29) is 6.10 Å². The molecule has 1 unspecified atom stereocenters. The molecule has 0 amide bonds. The van der Waals surface area contributed by atoms with Crippen LogP contribution in [0.15, 0.2) is 30.3 Å². The standard InChI is InChI=1S/C15H20O6/c1-17-13-11(16)12-10(20-15(13)18-2)8-19-14(21-12)9-6-4-3-5-7-9/h3-7,10-16H,8H2,1-2H3/t10-,11+,12-,13-,14?,15-/m1/s1. The predicted molar refractivity (Wildman–Crippen MR) is 72.5 cm³/mol. The molecule has 0 bridgehead atoms. The molecule has 0 aliphatic carbocycles. The van der Waals surface area contributed by atoms with Crippen molar-refractivity contribution < 1.29 is 28.8 Å². The summed E-state index contributed by atoms with van der Waals surface area (Å²) in [5.74, 6) is 0. The number of aliphatic hydroxyl groups is 1. The number of ether oxygens (including phenoxy) is 5. The first-order valence-electron chi connectivity index (χ1n) is 6.95. The summed E-state index contributed by atoms with van der Waals surface area (Å²) in [7, 11) is 3.03. The number of methoxy groups -OCH3 is 2. The van der Waals surface area contributed by atoms with Crippen LogP contribution in [-0.2, 0) is 23.7 Å². The van der Waals surface area contributed by atoms with Gasteiger partial charge in [-0.1, -0.05) is 30.3 Å². The summed E-state index contributed by atoms with van der Waals surface area (Å²) >= 11 is 0. The second-order valence-electron chi connectivity index (χ2n) is 5.15. The Balaban J connectivity index is 1.75. The number of aliphatic hydroxyl groups excluding tert-OH is 1. The van der Waals surface area contributed by atoms with Gasteiger partial charge in [-0.25, -0.2) is 0 Å². The Morgan fingerprint density at radius 2 is 1.86 bits per heavy atom. The zero-order valence-electron chi connectivity index (χ0n) is 12.0. The molecule has 2 heterocycles. The van der Waals surface area contributed by atoms with Crippen LogP contribution in [0.25, 0.3) is 0 Å². The second-order valence-corrected chi connectivity index (χ2v) is 5.15. The molecule has 2 aliphatic heterocycles. The summed E-state index contributed by atoms with van der Waals surface area (Å²) in [6, 6.07) is 9.61. The number of hydrogen-bond donors (Lipinski definition) is 1. The van der Waals surface area contributed by atoms with E-state index in [0.717, 1.165) is 5.56 Å². The summed E-state index contributed by atoms with van der Waals surface area (Å²) in [6.07, 6.45) is -3.47. The van der Waals surface area contributed by atoms with Crippen LogP contribution in [0.1, 0.15) is 11.9 Å². The normalized spacial score (nSPS) is 39.8. The Bertz CT molecular complexity index is 453. The van der Waals surface area contributed by atoms with Crippen LogP contribution in [-0.4, -0.2) is 56.6 Å². The molecule has 6 heteroatoms. The minimum atomic E-state index is -0.839. The molecule has 21 heavy (non-hydrogen) atoms. The van der Waals surface area contributed by atoms with E-state index in [0.29, 0.717) is 6.61 Å². The van der Waals surface area contributed by atoms with Crippen LogP contribution in [0.4, 0.5) is 0 Å². The van der Waals surface area contributed by atoms with Gasteiger partial charge in [-0.05, 0) is 0 Å². The lowest BCUT2D eigenvalue weighted by Crippen LogP contribution is -2.62. The van der Waals surface area contributed by atoms with Gasteiger partial charge in [-0.3, -0.25) is 0 Å². The number of rotatable bonds is 3. The lowest BCUT2D eigenvalue weighted by Gasteiger charge is -2.46. The fourth-order valence-corrected chi connectivity index (χ4v) is 2.79. The molecular formula is C15H20O6. The summed E-state index contributed by atoms with van der Waals surface area (Å²) in [5, 5.41) is 10.5. The monoisotopic (exact) mass is 296 g/mol. The van der Waals surface area contributed by atoms with E-state index < -0.39 is 30.9 Å². The highest BCUT2D eigenvalue weighted by Crippen LogP contribution is 2.34. The molecule has 1 aromatic rings. The van der Waals surface area contributed by atoms with Gasteiger partial charge in [-0.2, -0.15) is 0 Å². The van der Waals surface area contributed by atoms with Crippen molar-refractivity contribution in [2.24, 2.45) is 0 Å². The van der Waals surface area contributed by atoms with Gasteiger partial charge in [-0.15, -0.1) is 0 Å². The Labute approximate surface area is 123 Å². The van der Waals surface area contributed by atoms with Crippen LogP contribution >= 0.6 is 0 Å². The van der Waals surface area contributed by atoms with Gasteiger partial charge in [0.15, 0.2) is 12.6 Å². The molecule has 6 nitrogen and oxygen atoms in total. The highest BCUT2D eigenvalue weighted by Gasteiger charge is 2.49. The summed E-state index contributed by atoms with van der Waals surface area (Å²) in [5.41, 5.74) is 0.908. The first-order chi connectivity index (χ1) is 10.2. The van der Waals surface area contributed by atoms with Crippen LogP contribution in [0, 0.1) is 0 Å². The summed E-state index contributed by atoms with van der Waals surface area (Å²) < 4.78 is 27.8. The second kappa shape index (κ2) is 6.39. The van der Waals surface area contributed by atoms with Crippen LogP contribution in [0.3, 0.4) is 0 Å². The Morgan fingerprint density at radius 3 is 2.52 bits per heavy atom. The van der Waals surface area contributed by atoms with Crippen molar-refractivity contribution in [1.29, 1.82) is 0 Å². The maximum Gasteiger partial charge on any atom is 0.186 e. The molecule has 3 rings (SSSR count). The third kappa shape index (κ3) is 2.83. The van der Waals surface area contributed by atoms with Gasteiger partial charge < -0.3 is 28.8 Å². The first kappa shape index (κ1) is 14.9. The molecule has 116 valence electrons. The molecule has 1 N–H and O–H groups in total. The van der Waals surface area contributed by atoms with Gasteiger partial charge in [0, 0.05) is 19.8 Å². The van der Waals surface area contributed by atoms with E-state index in [1.807, 2.05) is 30.3 Å². The van der Waals surface area contributed by atoms with Crippen molar-refractivity contribution >= 4 is 0 Å². The molecule has 6 atom stereocenters. The smallest absolute Gasteiger partial charge is 0.186 e. The lowest BCUT2D eigenvalue weighted by atomic mass is 9.97. The average Bonchev–Trinajstić information content (AvgIpc) is 2.55. The zero-order chi connectivity index (χ0) is 14.8. The minimum absolute atomic E-state index is 0.331. The molecule has 1 aromatic carbocycles.